The van der Waals surface area contributed by atoms with Gasteiger partial charge in [-0.1, -0.05) is 0 Å². The lowest BCUT2D eigenvalue weighted by Crippen LogP contribution is -2.42. The first-order chi connectivity index (χ1) is 9.47. The third kappa shape index (κ3) is 2.34. The molecule has 1 aromatic rings. The van der Waals surface area contributed by atoms with E-state index in [2.05, 4.69) is 14.6 Å². The van der Waals surface area contributed by atoms with Gasteiger partial charge in [-0.05, 0) is 31.9 Å². The number of carbonyl (C=O) groups is 1. The molecule has 3 rings (SSSR count). The van der Waals surface area contributed by atoms with Crippen LogP contribution in [-0.2, 0) is 10.0 Å². The second-order valence-corrected chi connectivity index (χ2v) is 7.03. The molecule has 3 N–H and O–H groups in total. The van der Waals surface area contributed by atoms with Gasteiger partial charge in [0.2, 0.25) is 10.0 Å². The third-order valence-electron chi connectivity index (χ3n) is 4.11. The summed E-state index contributed by atoms with van der Waals surface area (Å²) in [6.07, 6.45) is 4.14. The Morgan fingerprint density at radius 2 is 2.20 bits per heavy atom. The molecule has 2 atom stereocenters. The van der Waals surface area contributed by atoms with Gasteiger partial charge in [0.25, 0.3) is 0 Å². The molecule has 2 aliphatic heterocycles. The highest BCUT2D eigenvalue weighted by molar-refractivity contribution is 7.89. The maximum absolute atomic E-state index is 12.3. The number of aromatic amines is 1. The minimum Gasteiger partial charge on any atom is -0.477 e. The Morgan fingerprint density at radius 1 is 1.40 bits per heavy atom. The molecule has 0 radical (unpaired) electrons. The lowest BCUT2D eigenvalue weighted by Gasteiger charge is -2.20. The predicted molar refractivity (Wildman–Crippen MR) is 71.1 cm³/mol. The SMILES string of the molecule is O=C(O)c1cc(S(=O)(=O)NC2CCN3CCCC23)c[nH]1. The van der Waals surface area contributed by atoms with Crippen molar-refractivity contribution in [2.75, 3.05) is 13.1 Å². The number of hydrogen-bond acceptors (Lipinski definition) is 4. The molecule has 2 fully saturated rings. The van der Waals surface area contributed by atoms with Crippen molar-refractivity contribution in [2.24, 2.45) is 0 Å². The summed E-state index contributed by atoms with van der Waals surface area (Å²) < 4.78 is 27.3. The van der Waals surface area contributed by atoms with Gasteiger partial charge in [0, 0.05) is 24.8 Å². The third-order valence-corrected chi connectivity index (χ3v) is 5.58. The standard InChI is InChI=1S/C12H17N3O4S/c16-12(17)10-6-8(7-13-10)20(18,19)14-9-3-5-15-4-1-2-11(9)15/h6-7,9,11,13-14H,1-5H2,(H,16,17). The smallest absolute Gasteiger partial charge is 0.352 e. The van der Waals surface area contributed by atoms with Crippen molar-refractivity contribution in [1.82, 2.24) is 14.6 Å². The average Bonchev–Trinajstić information content (AvgIpc) is 3.05. The van der Waals surface area contributed by atoms with Crippen LogP contribution in [0.5, 0.6) is 0 Å². The molecule has 8 heteroatoms. The zero-order valence-electron chi connectivity index (χ0n) is 10.9. The van der Waals surface area contributed by atoms with Crippen LogP contribution in [0.3, 0.4) is 0 Å². The molecule has 0 aliphatic carbocycles. The van der Waals surface area contributed by atoms with Crippen molar-refractivity contribution >= 4 is 16.0 Å². The zero-order chi connectivity index (χ0) is 14.3. The summed E-state index contributed by atoms with van der Waals surface area (Å²) in [5.41, 5.74) is -0.126. The summed E-state index contributed by atoms with van der Waals surface area (Å²) in [6, 6.07) is 1.35. The normalized spacial score (nSPS) is 26.8. The van der Waals surface area contributed by atoms with Gasteiger partial charge in [-0.15, -0.1) is 0 Å². The Bertz CT molecular complexity index is 624. The minimum atomic E-state index is -3.67. The Hall–Kier alpha value is -1.38. The number of sulfonamides is 1. The number of nitrogens with zero attached hydrogens (tertiary/aromatic N) is 1. The van der Waals surface area contributed by atoms with Crippen molar-refractivity contribution < 1.29 is 18.3 Å². The molecule has 0 amide bonds. The lowest BCUT2D eigenvalue weighted by atomic mass is 10.1. The molecule has 2 unspecified atom stereocenters. The first-order valence-corrected chi connectivity index (χ1v) is 8.14. The maximum Gasteiger partial charge on any atom is 0.352 e. The predicted octanol–water partition coefficient (Wildman–Crippen LogP) is 0.228. The number of carboxylic acid groups (broad SMARTS) is 1. The van der Waals surface area contributed by atoms with Crippen LogP contribution in [-0.4, -0.2) is 54.6 Å². The maximum atomic E-state index is 12.3. The quantitative estimate of drug-likeness (QED) is 0.738. The second kappa shape index (κ2) is 4.87. The summed E-state index contributed by atoms with van der Waals surface area (Å²) in [5, 5.41) is 8.82. The van der Waals surface area contributed by atoms with E-state index in [-0.39, 0.29) is 22.7 Å². The van der Waals surface area contributed by atoms with Gasteiger partial charge in [-0.2, -0.15) is 0 Å². The number of aromatic nitrogens is 1. The fraction of sp³-hybridized carbons (Fsp3) is 0.583. The Kier molecular flexibility index (Phi) is 3.31. The first kappa shape index (κ1) is 13.6. The van der Waals surface area contributed by atoms with Gasteiger partial charge in [-0.3, -0.25) is 4.90 Å². The monoisotopic (exact) mass is 299 g/mol. The average molecular weight is 299 g/mol. The molecular formula is C12H17N3O4S. The van der Waals surface area contributed by atoms with Crippen LogP contribution in [0.25, 0.3) is 0 Å². The summed E-state index contributed by atoms with van der Waals surface area (Å²) in [5.74, 6) is -1.17. The van der Waals surface area contributed by atoms with Gasteiger partial charge < -0.3 is 10.1 Å². The van der Waals surface area contributed by atoms with Crippen molar-refractivity contribution in [3.8, 4) is 0 Å². The number of hydrogen-bond donors (Lipinski definition) is 3. The van der Waals surface area contributed by atoms with Gasteiger partial charge in [0.05, 0.1) is 0 Å². The molecule has 2 saturated heterocycles. The molecule has 0 bridgehead atoms. The van der Waals surface area contributed by atoms with Crippen LogP contribution in [0.4, 0.5) is 0 Å². The van der Waals surface area contributed by atoms with Crippen LogP contribution < -0.4 is 4.72 Å². The zero-order valence-corrected chi connectivity index (χ0v) is 11.7. The highest BCUT2D eigenvalue weighted by Crippen LogP contribution is 2.29. The first-order valence-electron chi connectivity index (χ1n) is 6.65. The second-order valence-electron chi connectivity index (χ2n) is 5.32. The minimum absolute atomic E-state index is 0.0219. The van der Waals surface area contributed by atoms with Crippen molar-refractivity contribution in [3.63, 3.8) is 0 Å². The molecular weight excluding hydrogens is 282 g/mol. The van der Waals surface area contributed by atoms with E-state index in [0.29, 0.717) is 0 Å². The van der Waals surface area contributed by atoms with Gasteiger partial charge in [0.15, 0.2) is 0 Å². The fourth-order valence-corrected chi connectivity index (χ4v) is 4.44. The highest BCUT2D eigenvalue weighted by Gasteiger charge is 2.39. The van der Waals surface area contributed by atoms with Crippen LogP contribution in [0, 0.1) is 0 Å². The van der Waals surface area contributed by atoms with E-state index < -0.39 is 16.0 Å². The van der Waals surface area contributed by atoms with Crippen LogP contribution in [0.1, 0.15) is 29.8 Å². The molecule has 0 spiro atoms. The van der Waals surface area contributed by atoms with Gasteiger partial charge >= 0.3 is 5.97 Å². The lowest BCUT2D eigenvalue weighted by molar-refractivity contribution is 0.0691. The topological polar surface area (TPSA) is 102 Å². The van der Waals surface area contributed by atoms with E-state index >= 15 is 0 Å². The number of nitrogens with one attached hydrogen (secondary N) is 2. The molecule has 20 heavy (non-hydrogen) atoms. The number of aromatic carboxylic acids is 1. The molecule has 110 valence electrons. The molecule has 7 nitrogen and oxygen atoms in total. The van der Waals surface area contributed by atoms with Gasteiger partial charge in [0.1, 0.15) is 10.6 Å². The van der Waals surface area contributed by atoms with Crippen LogP contribution in [0.2, 0.25) is 0 Å². The molecule has 3 heterocycles. The van der Waals surface area contributed by atoms with E-state index in [4.69, 9.17) is 5.11 Å². The largest absolute Gasteiger partial charge is 0.477 e. The summed E-state index contributed by atoms with van der Waals surface area (Å²) >= 11 is 0. The number of H-pyrrole nitrogens is 1. The van der Waals surface area contributed by atoms with Crippen molar-refractivity contribution in [2.45, 2.75) is 36.2 Å². The number of rotatable bonds is 4. The Morgan fingerprint density at radius 3 is 2.90 bits per heavy atom. The Balaban J connectivity index is 1.76. The number of fused-ring (bicyclic) bond motifs is 1. The van der Waals surface area contributed by atoms with Crippen molar-refractivity contribution in [3.05, 3.63) is 18.0 Å². The molecule has 0 aromatic carbocycles. The fourth-order valence-electron chi connectivity index (χ4n) is 3.14. The Labute approximate surface area is 117 Å². The highest BCUT2D eigenvalue weighted by atomic mass is 32.2. The van der Waals surface area contributed by atoms with Crippen molar-refractivity contribution in [1.29, 1.82) is 0 Å². The van der Waals surface area contributed by atoms with E-state index in [0.717, 1.165) is 38.4 Å². The summed E-state index contributed by atoms with van der Waals surface area (Å²) in [4.78, 5) is 15.5. The van der Waals surface area contributed by atoms with Crippen LogP contribution in [0.15, 0.2) is 17.2 Å². The molecule has 1 aromatic heterocycles. The molecule has 2 aliphatic rings. The van der Waals surface area contributed by atoms with Gasteiger partial charge in [-0.25, -0.2) is 17.9 Å². The molecule has 0 saturated carbocycles. The van der Waals surface area contributed by atoms with E-state index in [1.54, 1.807) is 0 Å². The van der Waals surface area contributed by atoms with E-state index in [9.17, 15) is 13.2 Å². The van der Waals surface area contributed by atoms with E-state index in [1.165, 1.54) is 6.20 Å². The summed E-state index contributed by atoms with van der Waals surface area (Å²) in [7, 11) is -3.67. The number of carboxylic acids is 1. The van der Waals surface area contributed by atoms with E-state index in [1.807, 2.05) is 0 Å². The van der Waals surface area contributed by atoms with Crippen LogP contribution >= 0.6 is 0 Å². The summed E-state index contributed by atoms with van der Waals surface area (Å²) in [6.45, 7) is 1.96.